The summed E-state index contributed by atoms with van der Waals surface area (Å²) in [6.07, 6.45) is 20.9. The number of aliphatic hydroxyl groups is 3. The molecule has 0 saturated heterocycles. The van der Waals surface area contributed by atoms with Crippen molar-refractivity contribution in [1.29, 1.82) is 0 Å². The number of carbonyl (C=O) groups is 2. The maximum atomic E-state index is 11.4. The van der Waals surface area contributed by atoms with Gasteiger partial charge in [-0.2, -0.15) is 0 Å². The van der Waals surface area contributed by atoms with Crippen LogP contribution >= 0.6 is 0 Å². The van der Waals surface area contributed by atoms with E-state index in [4.69, 9.17) is 15.3 Å². The molecule has 0 radical (unpaired) electrons. The van der Waals surface area contributed by atoms with Gasteiger partial charge in [-0.1, -0.05) is 70.4 Å². The molecule has 0 aliphatic carbocycles. The minimum Gasteiger partial charge on any atom is -0.395 e. The van der Waals surface area contributed by atoms with Gasteiger partial charge in [-0.05, 0) is 39.2 Å². The molecule has 0 aromatic rings. The monoisotopic (exact) mass is 502 g/mol. The number of unbranched alkanes of at least 4 members (excludes halogenated alkanes) is 11. The van der Waals surface area contributed by atoms with Gasteiger partial charge < -0.3 is 25.4 Å². The van der Waals surface area contributed by atoms with E-state index in [-0.39, 0.29) is 26.4 Å². The molecule has 0 atom stereocenters. The molecule has 0 spiro atoms. The average molecular weight is 503 g/mol. The topological polar surface area (TPSA) is 119 Å². The van der Waals surface area contributed by atoms with Crippen LogP contribution in [-0.4, -0.2) is 85.2 Å². The van der Waals surface area contributed by atoms with Gasteiger partial charge in [0.25, 0.3) is 0 Å². The van der Waals surface area contributed by atoms with Gasteiger partial charge in [0.15, 0.2) is 0 Å². The number of nitrogens with zero attached hydrogens (tertiary/aromatic N) is 1. The number of esters is 2. The third-order valence-electron chi connectivity index (χ3n) is 5.44. The molecule has 0 aromatic heterocycles. The Morgan fingerprint density at radius 1 is 0.714 bits per heavy atom. The number of allylic oxidation sites excluding steroid dienone is 2. The quantitative estimate of drug-likeness (QED) is 0.0724. The fourth-order valence-corrected chi connectivity index (χ4v) is 3.46. The fourth-order valence-electron chi connectivity index (χ4n) is 3.46. The van der Waals surface area contributed by atoms with Crippen LogP contribution in [-0.2, 0) is 14.3 Å². The lowest BCUT2D eigenvalue weighted by Gasteiger charge is -2.17. The second-order valence-corrected chi connectivity index (χ2v) is 8.72. The first-order valence-corrected chi connectivity index (χ1v) is 13.6. The maximum Gasteiger partial charge on any atom is 0.327 e. The Bertz CT molecular complexity index is 474. The summed E-state index contributed by atoms with van der Waals surface area (Å²) in [6, 6.07) is 0. The van der Waals surface area contributed by atoms with Crippen molar-refractivity contribution in [2.24, 2.45) is 0 Å². The zero-order chi connectivity index (χ0) is 26.4. The van der Waals surface area contributed by atoms with E-state index in [0.29, 0.717) is 26.1 Å². The Morgan fingerprint density at radius 2 is 1.17 bits per heavy atom. The number of carbonyl (C=O) groups excluding carboxylic acids is 2. The minimum atomic E-state index is -0.500. The van der Waals surface area contributed by atoms with E-state index >= 15 is 0 Å². The van der Waals surface area contributed by atoms with Crippen molar-refractivity contribution >= 4 is 11.9 Å². The molecule has 0 amide bonds. The van der Waals surface area contributed by atoms with Gasteiger partial charge >= 0.3 is 11.9 Å². The summed E-state index contributed by atoms with van der Waals surface area (Å²) in [7, 11) is 1.65. The van der Waals surface area contributed by atoms with Crippen LogP contribution in [0.4, 0.5) is 0 Å². The van der Waals surface area contributed by atoms with E-state index in [0.717, 1.165) is 25.7 Å². The van der Waals surface area contributed by atoms with Gasteiger partial charge in [0, 0.05) is 26.1 Å². The first-order valence-electron chi connectivity index (χ1n) is 13.6. The van der Waals surface area contributed by atoms with E-state index in [1.54, 1.807) is 11.9 Å². The molecular formula is C27H54N2O6. The van der Waals surface area contributed by atoms with Gasteiger partial charge in [0.2, 0.25) is 0 Å². The molecule has 35 heavy (non-hydrogen) atoms. The van der Waals surface area contributed by atoms with Crippen molar-refractivity contribution in [3.8, 4) is 0 Å². The molecule has 0 aliphatic heterocycles. The minimum absolute atomic E-state index is 0.0694. The molecule has 4 N–H and O–H groups in total. The average Bonchev–Trinajstić information content (AvgIpc) is 2.82. The first-order chi connectivity index (χ1) is 17.0. The Morgan fingerprint density at radius 3 is 1.63 bits per heavy atom. The smallest absolute Gasteiger partial charge is 0.327 e. The van der Waals surface area contributed by atoms with Crippen molar-refractivity contribution in [1.82, 2.24) is 10.2 Å². The van der Waals surface area contributed by atoms with Gasteiger partial charge in [0.1, 0.15) is 0 Å². The molecule has 0 heterocycles. The highest BCUT2D eigenvalue weighted by Gasteiger charge is 2.08. The zero-order valence-electron chi connectivity index (χ0n) is 22.5. The molecule has 0 aromatic carbocycles. The Labute approximate surface area is 214 Å². The van der Waals surface area contributed by atoms with E-state index in [9.17, 15) is 9.59 Å². The third-order valence-corrected chi connectivity index (χ3v) is 5.44. The first kappa shape index (κ1) is 35.8. The summed E-state index contributed by atoms with van der Waals surface area (Å²) < 4.78 is 4.66. The number of nitrogens with one attached hydrogen (secondary N) is 1. The highest BCUT2D eigenvalue weighted by atomic mass is 16.6. The van der Waals surface area contributed by atoms with E-state index in [2.05, 4.69) is 29.1 Å². The summed E-state index contributed by atoms with van der Waals surface area (Å²) in [5.41, 5.74) is 0. The maximum absolute atomic E-state index is 11.4. The van der Waals surface area contributed by atoms with E-state index < -0.39 is 11.9 Å². The molecule has 0 bridgehead atoms. The van der Waals surface area contributed by atoms with Crippen LogP contribution in [0.3, 0.4) is 0 Å². The highest BCUT2D eigenvalue weighted by molar-refractivity contribution is 5.86. The van der Waals surface area contributed by atoms with Crippen LogP contribution < -0.4 is 5.32 Å². The van der Waals surface area contributed by atoms with Crippen LogP contribution in [0.5, 0.6) is 0 Å². The van der Waals surface area contributed by atoms with Crippen LogP contribution in [0, 0.1) is 0 Å². The SMILES string of the molecule is CCCCCCCC/C=C\CCCCCCCC(=O)OC(=O)CNC.OCCN(CCO)CCO. The summed E-state index contributed by atoms with van der Waals surface area (Å²) in [5.74, 6) is -0.905. The lowest BCUT2D eigenvalue weighted by molar-refractivity contribution is -0.158. The zero-order valence-corrected chi connectivity index (χ0v) is 22.5. The Kier molecular flexibility index (Phi) is 31.4. The molecule has 0 unspecified atom stereocenters. The van der Waals surface area contributed by atoms with Crippen molar-refractivity contribution in [3.63, 3.8) is 0 Å². The molecule has 0 saturated carbocycles. The molecule has 8 heteroatoms. The number of likely N-dealkylation sites (N-methyl/N-ethyl adjacent to an activating group) is 1. The van der Waals surface area contributed by atoms with Gasteiger partial charge in [0.05, 0.1) is 26.4 Å². The van der Waals surface area contributed by atoms with Crippen LogP contribution in [0.15, 0.2) is 12.2 Å². The number of hydrogen-bond donors (Lipinski definition) is 4. The third kappa shape index (κ3) is 30.6. The van der Waals surface area contributed by atoms with E-state index in [1.807, 2.05) is 0 Å². The van der Waals surface area contributed by atoms with Gasteiger partial charge in [-0.15, -0.1) is 0 Å². The van der Waals surface area contributed by atoms with Crippen LogP contribution in [0.2, 0.25) is 0 Å². The normalized spacial score (nSPS) is 11.0. The predicted molar refractivity (Wildman–Crippen MR) is 142 cm³/mol. The summed E-state index contributed by atoms with van der Waals surface area (Å²) in [5, 5.41) is 28.1. The fraction of sp³-hybridized carbons (Fsp3) is 0.852. The molecule has 8 nitrogen and oxygen atoms in total. The lowest BCUT2D eigenvalue weighted by Crippen LogP contribution is -2.32. The number of rotatable bonds is 23. The Balaban J connectivity index is 0. The molecule has 0 fully saturated rings. The summed E-state index contributed by atoms with van der Waals surface area (Å²) in [4.78, 5) is 24.3. The Hall–Kier alpha value is -1.32. The van der Waals surface area contributed by atoms with Crippen molar-refractivity contribution < 1.29 is 29.6 Å². The standard InChI is InChI=1S/C21H39NO3.C6H15NO3/c1-3-4-5-6-7-8-9-10-11-12-13-14-15-16-17-18-20(23)25-21(24)19-22-2;8-4-1-7(2-5-9)3-6-10/h10-11,22H,3-9,12-19H2,1-2H3;8-10H,1-6H2/b11-10-;. The van der Waals surface area contributed by atoms with Crippen LogP contribution in [0.1, 0.15) is 96.8 Å². The lowest BCUT2D eigenvalue weighted by atomic mass is 10.1. The second kappa shape index (κ2) is 30.7. The van der Waals surface area contributed by atoms with Crippen molar-refractivity contribution in [2.45, 2.75) is 96.8 Å². The molecular weight excluding hydrogens is 448 g/mol. The van der Waals surface area contributed by atoms with E-state index in [1.165, 1.54) is 57.8 Å². The summed E-state index contributed by atoms with van der Waals surface area (Å²) >= 11 is 0. The second-order valence-electron chi connectivity index (χ2n) is 8.72. The molecule has 0 aliphatic rings. The number of hydrogen-bond acceptors (Lipinski definition) is 8. The van der Waals surface area contributed by atoms with Crippen molar-refractivity contribution in [3.05, 3.63) is 12.2 Å². The predicted octanol–water partition coefficient (Wildman–Crippen LogP) is 3.58. The highest BCUT2D eigenvalue weighted by Crippen LogP contribution is 2.10. The van der Waals surface area contributed by atoms with Gasteiger partial charge in [-0.25, -0.2) is 0 Å². The van der Waals surface area contributed by atoms with Crippen molar-refractivity contribution in [2.75, 3.05) is 53.0 Å². The number of aliphatic hydroxyl groups excluding tert-OH is 3. The molecule has 208 valence electrons. The van der Waals surface area contributed by atoms with Gasteiger partial charge in [-0.3, -0.25) is 14.5 Å². The molecule has 0 rings (SSSR count). The number of ether oxygens (including phenoxy) is 1. The largest absolute Gasteiger partial charge is 0.395 e. The summed E-state index contributed by atoms with van der Waals surface area (Å²) in [6.45, 7) is 4.09. The van der Waals surface area contributed by atoms with Crippen LogP contribution in [0.25, 0.3) is 0 Å².